The van der Waals surface area contributed by atoms with Crippen LogP contribution in [0.4, 0.5) is 0 Å². The van der Waals surface area contributed by atoms with Crippen LogP contribution >= 0.6 is 0 Å². The molecule has 6 heteroatoms. The molecule has 0 rings (SSSR count). The lowest BCUT2D eigenvalue weighted by atomic mass is 10.0. The Morgan fingerprint density at radius 2 is 0.569 bits per heavy atom. The standard InChI is InChI=1S/C52H100O6/c1-6-7-8-9-25-32-37-42-50(53)56-45-49(58-52(55)44-39-34-29-24-20-16-12-14-18-22-27-31-36-41-48(4)5)46-57-51(54)43-38-33-28-23-19-15-11-10-13-17-21-26-30-35-40-47(2)3/h47-49H,6-46H2,1-5H3/t49-/m0/s1. The average molecular weight is 821 g/mol. The van der Waals surface area contributed by atoms with Gasteiger partial charge in [-0.25, -0.2) is 0 Å². The van der Waals surface area contributed by atoms with Gasteiger partial charge in [0.1, 0.15) is 13.2 Å². The summed E-state index contributed by atoms with van der Waals surface area (Å²) in [5.41, 5.74) is 0. The van der Waals surface area contributed by atoms with E-state index in [0.717, 1.165) is 69.6 Å². The van der Waals surface area contributed by atoms with Gasteiger partial charge in [0.2, 0.25) is 0 Å². The molecule has 0 radical (unpaired) electrons. The normalized spacial score (nSPS) is 12.1. The molecular formula is C52H100O6. The van der Waals surface area contributed by atoms with Crippen molar-refractivity contribution in [3.8, 4) is 0 Å². The smallest absolute Gasteiger partial charge is 0.306 e. The van der Waals surface area contributed by atoms with Gasteiger partial charge in [-0.1, -0.05) is 247 Å². The monoisotopic (exact) mass is 821 g/mol. The average Bonchev–Trinajstić information content (AvgIpc) is 3.19. The van der Waals surface area contributed by atoms with Gasteiger partial charge in [-0.2, -0.15) is 0 Å². The molecule has 0 aliphatic heterocycles. The lowest BCUT2D eigenvalue weighted by Crippen LogP contribution is -2.30. The summed E-state index contributed by atoms with van der Waals surface area (Å²) in [4.78, 5) is 37.8. The molecule has 0 bridgehead atoms. The Hall–Kier alpha value is -1.59. The number of hydrogen-bond acceptors (Lipinski definition) is 6. The Labute approximate surface area is 361 Å². The van der Waals surface area contributed by atoms with Crippen LogP contribution in [-0.4, -0.2) is 37.2 Å². The highest BCUT2D eigenvalue weighted by Crippen LogP contribution is 2.17. The summed E-state index contributed by atoms with van der Waals surface area (Å²) in [6.45, 7) is 11.4. The highest BCUT2D eigenvalue weighted by atomic mass is 16.6. The van der Waals surface area contributed by atoms with Gasteiger partial charge in [-0.3, -0.25) is 14.4 Å². The molecule has 0 saturated heterocycles. The molecule has 0 N–H and O–H groups in total. The first kappa shape index (κ1) is 56.4. The number of esters is 3. The lowest BCUT2D eigenvalue weighted by molar-refractivity contribution is -0.167. The summed E-state index contributed by atoms with van der Waals surface area (Å²) in [6, 6.07) is 0. The van der Waals surface area contributed by atoms with E-state index in [9.17, 15) is 14.4 Å². The summed E-state index contributed by atoms with van der Waals surface area (Å²) in [5, 5.41) is 0. The van der Waals surface area contributed by atoms with Gasteiger partial charge in [0.25, 0.3) is 0 Å². The van der Waals surface area contributed by atoms with E-state index in [-0.39, 0.29) is 31.1 Å². The SMILES string of the molecule is CCCCCCCCCC(=O)OC[C@@H](COC(=O)CCCCCCCCCCCCCCCCC(C)C)OC(=O)CCCCCCCCCCCCCCCC(C)C. The third-order valence-electron chi connectivity index (χ3n) is 11.7. The van der Waals surface area contributed by atoms with Crippen LogP contribution in [0.2, 0.25) is 0 Å². The van der Waals surface area contributed by atoms with Crippen molar-refractivity contribution in [2.24, 2.45) is 11.8 Å². The van der Waals surface area contributed by atoms with E-state index in [1.165, 1.54) is 173 Å². The van der Waals surface area contributed by atoms with E-state index in [0.29, 0.717) is 19.3 Å². The van der Waals surface area contributed by atoms with Crippen molar-refractivity contribution in [2.45, 2.75) is 291 Å². The van der Waals surface area contributed by atoms with Crippen LogP contribution in [0.1, 0.15) is 285 Å². The lowest BCUT2D eigenvalue weighted by Gasteiger charge is -2.18. The molecule has 0 aromatic rings. The van der Waals surface area contributed by atoms with Crippen LogP contribution in [0.3, 0.4) is 0 Å². The Balaban J connectivity index is 4.20. The molecule has 0 spiro atoms. The van der Waals surface area contributed by atoms with Crippen molar-refractivity contribution in [3.05, 3.63) is 0 Å². The molecule has 0 amide bonds. The van der Waals surface area contributed by atoms with E-state index in [1.54, 1.807) is 0 Å². The van der Waals surface area contributed by atoms with Crippen molar-refractivity contribution >= 4 is 17.9 Å². The maximum atomic E-state index is 12.8. The molecule has 0 heterocycles. The van der Waals surface area contributed by atoms with E-state index < -0.39 is 6.10 Å². The maximum absolute atomic E-state index is 12.8. The molecule has 0 aliphatic rings. The van der Waals surface area contributed by atoms with Crippen molar-refractivity contribution in [1.29, 1.82) is 0 Å². The van der Waals surface area contributed by atoms with Crippen LogP contribution < -0.4 is 0 Å². The number of hydrogen-bond donors (Lipinski definition) is 0. The first-order valence-corrected chi connectivity index (χ1v) is 25.7. The van der Waals surface area contributed by atoms with Crippen LogP contribution in [0.15, 0.2) is 0 Å². The first-order valence-electron chi connectivity index (χ1n) is 25.7. The minimum atomic E-state index is -0.760. The highest BCUT2D eigenvalue weighted by Gasteiger charge is 2.19. The predicted molar refractivity (Wildman–Crippen MR) is 247 cm³/mol. The second-order valence-corrected chi connectivity index (χ2v) is 18.8. The van der Waals surface area contributed by atoms with Gasteiger partial charge in [0, 0.05) is 19.3 Å². The summed E-state index contributed by atoms with van der Waals surface area (Å²) in [7, 11) is 0. The Bertz CT molecular complexity index is 885. The Morgan fingerprint density at radius 3 is 0.845 bits per heavy atom. The van der Waals surface area contributed by atoms with Crippen molar-refractivity contribution in [1.82, 2.24) is 0 Å². The molecule has 344 valence electrons. The predicted octanol–water partition coefficient (Wildman–Crippen LogP) is 16.5. The quantitative estimate of drug-likeness (QED) is 0.0346. The zero-order chi connectivity index (χ0) is 42.6. The van der Waals surface area contributed by atoms with Gasteiger partial charge in [0.15, 0.2) is 6.10 Å². The fourth-order valence-corrected chi connectivity index (χ4v) is 7.81. The maximum Gasteiger partial charge on any atom is 0.306 e. The van der Waals surface area contributed by atoms with Crippen LogP contribution in [-0.2, 0) is 28.6 Å². The molecule has 0 unspecified atom stereocenters. The molecule has 0 fully saturated rings. The number of carbonyl (C=O) groups is 3. The number of ether oxygens (including phenoxy) is 3. The van der Waals surface area contributed by atoms with E-state index in [4.69, 9.17) is 14.2 Å². The summed E-state index contributed by atoms with van der Waals surface area (Å²) >= 11 is 0. The minimum Gasteiger partial charge on any atom is -0.462 e. The van der Waals surface area contributed by atoms with Crippen molar-refractivity contribution in [2.75, 3.05) is 13.2 Å². The first-order chi connectivity index (χ1) is 28.2. The second kappa shape index (κ2) is 44.9. The van der Waals surface area contributed by atoms with Gasteiger partial charge in [-0.15, -0.1) is 0 Å². The molecule has 0 saturated carbocycles. The molecule has 0 aliphatic carbocycles. The number of unbranched alkanes of at least 4 members (excludes halogenated alkanes) is 31. The van der Waals surface area contributed by atoms with Crippen molar-refractivity contribution < 1.29 is 28.6 Å². The summed E-state index contributed by atoms with van der Waals surface area (Å²) in [5.74, 6) is 0.829. The summed E-state index contributed by atoms with van der Waals surface area (Å²) in [6.07, 6.45) is 45.3. The van der Waals surface area contributed by atoms with Gasteiger partial charge in [-0.05, 0) is 31.1 Å². The van der Waals surface area contributed by atoms with Gasteiger partial charge in [0.05, 0.1) is 0 Å². The molecule has 1 atom stereocenters. The summed E-state index contributed by atoms with van der Waals surface area (Å²) < 4.78 is 16.7. The molecule has 0 aromatic carbocycles. The van der Waals surface area contributed by atoms with Gasteiger partial charge < -0.3 is 14.2 Å². The van der Waals surface area contributed by atoms with Gasteiger partial charge >= 0.3 is 17.9 Å². The molecule has 6 nitrogen and oxygen atoms in total. The van der Waals surface area contributed by atoms with Crippen molar-refractivity contribution in [3.63, 3.8) is 0 Å². The Morgan fingerprint density at radius 1 is 0.328 bits per heavy atom. The van der Waals surface area contributed by atoms with Crippen LogP contribution in [0, 0.1) is 11.8 Å². The van der Waals surface area contributed by atoms with E-state index in [1.807, 2.05) is 0 Å². The molecule has 0 aromatic heterocycles. The highest BCUT2D eigenvalue weighted by molar-refractivity contribution is 5.71. The second-order valence-electron chi connectivity index (χ2n) is 18.8. The third kappa shape index (κ3) is 45.5. The minimum absolute atomic E-state index is 0.0639. The van der Waals surface area contributed by atoms with Crippen LogP contribution in [0.5, 0.6) is 0 Å². The molecule has 58 heavy (non-hydrogen) atoms. The topological polar surface area (TPSA) is 78.9 Å². The third-order valence-corrected chi connectivity index (χ3v) is 11.7. The zero-order valence-electron chi connectivity index (χ0n) is 39.7. The Kier molecular flexibility index (Phi) is 43.7. The van der Waals surface area contributed by atoms with Crippen LogP contribution in [0.25, 0.3) is 0 Å². The fraction of sp³-hybridized carbons (Fsp3) is 0.942. The number of rotatable bonds is 46. The van der Waals surface area contributed by atoms with E-state index >= 15 is 0 Å². The zero-order valence-corrected chi connectivity index (χ0v) is 39.7. The molecular weight excluding hydrogens is 721 g/mol. The number of carbonyl (C=O) groups excluding carboxylic acids is 3. The largest absolute Gasteiger partial charge is 0.462 e. The fourth-order valence-electron chi connectivity index (χ4n) is 7.81. The van der Waals surface area contributed by atoms with E-state index in [2.05, 4.69) is 34.6 Å².